The third kappa shape index (κ3) is 50.0. The molecule has 0 aliphatic carbocycles. The van der Waals surface area contributed by atoms with Gasteiger partial charge in [0.25, 0.3) is 0 Å². The van der Waals surface area contributed by atoms with Crippen molar-refractivity contribution < 1.29 is 37.9 Å². The highest BCUT2D eigenvalue weighted by Gasteiger charge is 2.23. The van der Waals surface area contributed by atoms with Crippen molar-refractivity contribution in [3.05, 3.63) is 0 Å². The van der Waals surface area contributed by atoms with Crippen LogP contribution in [-0.2, 0) is 27.9 Å². The van der Waals surface area contributed by atoms with Crippen LogP contribution in [0.4, 0.5) is 0 Å². The summed E-state index contributed by atoms with van der Waals surface area (Å²) in [5, 5.41) is 12.8. The molecule has 1 amide bonds. The lowest BCUT2D eigenvalue weighted by molar-refractivity contribution is -0.147. The molecule has 0 spiro atoms. The van der Waals surface area contributed by atoms with E-state index < -0.39 is 26.5 Å². The summed E-state index contributed by atoms with van der Waals surface area (Å²) in [6.07, 6.45) is 53.3. The first-order valence-electron chi connectivity index (χ1n) is 27.0. The summed E-state index contributed by atoms with van der Waals surface area (Å²) in [6, 6.07) is 0. The number of phosphoric ester groups is 1. The highest BCUT2D eigenvalue weighted by molar-refractivity contribution is 7.47. The Morgan fingerprint density at radius 1 is 0.435 bits per heavy atom. The normalized spacial score (nSPS) is 13.0. The van der Waals surface area contributed by atoms with Gasteiger partial charge >= 0.3 is 13.8 Å². The van der Waals surface area contributed by atoms with Gasteiger partial charge in [-0.25, -0.2) is 4.57 Å². The summed E-state index contributed by atoms with van der Waals surface area (Å²) in [5.74, 6) is -0.496. The molecule has 2 atom stereocenters. The van der Waals surface area contributed by atoms with Crippen molar-refractivity contribution in [3.63, 3.8) is 0 Å². The zero-order valence-electron chi connectivity index (χ0n) is 41.1. The Morgan fingerprint density at radius 2 is 0.726 bits per heavy atom. The van der Waals surface area contributed by atoms with E-state index >= 15 is 0 Å². The van der Waals surface area contributed by atoms with Crippen LogP contribution in [0.15, 0.2) is 0 Å². The Morgan fingerprint density at radius 3 is 1.05 bits per heavy atom. The van der Waals surface area contributed by atoms with E-state index in [1.807, 2.05) is 0 Å². The number of carbonyl (C=O) groups excluding carboxylic acids is 2. The number of ether oxygens (including phenoxy) is 1. The van der Waals surface area contributed by atoms with Crippen LogP contribution < -0.4 is 5.32 Å². The predicted octanol–water partition coefficient (Wildman–Crippen LogP) is 16.0. The van der Waals surface area contributed by atoms with Crippen molar-refractivity contribution in [2.24, 2.45) is 0 Å². The molecule has 0 saturated heterocycles. The molecule has 0 aliphatic heterocycles. The summed E-state index contributed by atoms with van der Waals surface area (Å²) >= 11 is 0. The van der Waals surface area contributed by atoms with Crippen LogP contribution in [0.1, 0.15) is 290 Å². The number of carbonyl (C=O) groups is 2. The first kappa shape index (κ1) is 61.0. The summed E-state index contributed by atoms with van der Waals surface area (Å²) in [7, 11) is -4.42. The molecule has 0 aromatic rings. The van der Waals surface area contributed by atoms with Crippen molar-refractivity contribution in [2.75, 3.05) is 26.4 Å². The summed E-state index contributed by atoms with van der Waals surface area (Å²) in [4.78, 5) is 34.1. The molecular formula is C52H104NO8P. The molecule has 0 aromatic carbocycles. The molecule has 9 nitrogen and oxygen atoms in total. The minimum absolute atomic E-state index is 0.0889. The van der Waals surface area contributed by atoms with Gasteiger partial charge in [-0.3, -0.25) is 18.6 Å². The van der Waals surface area contributed by atoms with Gasteiger partial charge in [-0.2, -0.15) is 0 Å². The van der Waals surface area contributed by atoms with Gasteiger partial charge < -0.3 is 20.1 Å². The van der Waals surface area contributed by atoms with Gasteiger partial charge in [0.1, 0.15) is 12.7 Å². The standard InChI is InChI=1S/C52H104NO8P/c1-3-5-7-9-11-13-15-17-19-21-23-25-27-29-31-33-35-37-39-41-43-45-52(56)59-48-50(54)49-61-62(57,58)60-47-46-53-51(55)44-42-40-38-36-34-32-30-28-26-24-22-20-18-16-14-12-10-8-6-4-2/h50,54H,3-49H2,1-2H3,(H,53,55)(H,57,58). The lowest BCUT2D eigenvalue weighted by Crippen LogP contribution is -2.27. The van der Waals surface area contributed by atoms with Crippen molar-refractivity contribution in [3.8, 4) is 0 Å². The van der Waals surface area contributed by atoms with E-state index in [1.54, 1.807) is 0 Å². The smallest absolute Gasteiger partial charge is 0.463 e. The lowest BCUT2D eigenvalue weighted by Gasteiger charge is -2.15. The topological polar surface area (TPSA) is 131 Å². The highest BCUT2D eigenvalue weighted by atomic mass is 31.2. The van der Waals surface area contributed by atoms with E-state index in [2.05, 4.69) is 19.2 Å². The van der Waals surface area contributed by atoms with Crippen LogP contribution >= 0.6 is 7.82 Å². The van der Waals surface area contributed by atoms with Gasteiger partial charge in [0.15, 0.2) is 0 Å². The predicted molar refractivity (Wildman–Crippen MR) is 262 cm³/mol. The van der Waals surface area contributed by atoms with E-state index in [-0.39, 0.29) is 25.7 Å². The Balaban J connectivity index is 3.49. The number of amides is 1. The van der Waals surface area contributed by atoms with Gasteiger partial charge in [0, 0.05) is 19.4 Å². The van der Waals surface area contributed by atoms with E-state index in [4.69, 9.17) is 13.8 Å². The largest absolute Gasteiger partial charge is 0.472 e. The maximum Gasteiger partial charge on any atom is 0.472 e. The molecule has 0 radical (unpaired) electrons. The molecule has 3 N–H and O–H groups in total. The molecule has 0 fully saturated rings. The minimum atomic E-state index is -4.42. The zero-order chi connectivity index (χ0) is 45.3. The molecule has 0 saturated carbocycles. The molecule has 370 valence electrons. The number of unbranched alkanes of at least 4 members (excludes halogenated alkanes) is 39. The summed E-state index contributed by atoms with van der Waals surface area (Å²) < 4.78 is 27.0. The van der Waals surface area contributed by atoms with E-state index in [0.717, 1.165) is 38.5 Å². The Hall–Kier alpha value is -0.990. The molecule has 0 heterocycles. The summed E-state index contributed by atoms with van der Waals surface area (Å²) in [5.41, 5.74) is 0. The Kier molecular flexibility index (Phi) is 48.7. The van der Waals surface area contributed by atoms with Crippen LogP contribution in [0.2, 0.25) is 0 Å². The fourth-order valence-electron chi connectivity index (χ4n) is 8.21. The first-order valence-corrected chi connectivity index (χ1v) is 28.5. The molecule has 0 aliphatic rings. The van der Waals surface area contributed by atoms with Gasteiger partial charge in [0.2, 0.25) is 5.91 Å². The van der Waals surface area contributed by atoms with Gasteiger partial charge in [-0.15, -0.1) is 0 Å². The highest BCUT2D eigenvalue weighted by Crippen LogP contribution is 2.42. The van der Waals surface area contributed by atoms with Gasteiger partial charge in [0.05, 0.1) is 13.2 Å². The van der Waals surface area contributed by atoms with Crippen molar-refractivity contribution in [1.82, 2.24) is 5.32 Å². The lowest BCUT2D eigenvalue weighted by atomic mass is 10.0. The quantitative estimate of drug-likeness (QED) is 0.0312. The van der Waals surface area contributed by atoms with Crippen LogP contribution in [0.3, 0.4) is 0 Å². The number of esters is 1. The maximum absolute atomic E-state index is 12.2. The fraction of sp³-hybridized carbons (Fsp3) is 0.962. The van der Waals surface area contributed by atoms with Crippen molar-refractivity contribution >= 4 is 19.7 Å². The monoisotopic (exact) mass is 902 g/mol. The van der Waals surface area contributed by atoms with Crippen LogP contribution in [0.5, 0.6) is 0 Å². The Labute approximate surface area is 384 Å². The van der Waals surface area contributed by atoms with Crippen LogP contribution in [-0.4, -0.2) is 54.3 Å². The molecule has 0 bridgehead atoms. The number of rotatable bonds is 52. The average Bonchev–Trinajstić information content (AvgIpc) is 3.26. The first-order chi connectivity index (χ1) is 30.3. The molecule has 2 unspecified atom stereocenters. The maximum atomic E-state index is 12.2. The number of nitrogens with one attached hydrogen (secondary N) is 1. The molecule has 0 aromatic heterocycles. The second-order valence-corrected chi connectivity index (χ2v) is 20.0. The van der Waals surface area contributed by atoms with Gasteiger partial charge in [-0.1, -0.05) is 264 Å². The number of hydrogen-bond acceptors (Lipinski definition) is 7. The molecule has 62 heavy (non-hydrogen) atoms. The van der Waals surface area contributed by atoms with E-state index in [0.29, 0.717) is 12.8 Å². The van der Waals surface area contributed by atoms with Crippen LogP contribution in [0.25, 0.3) is 0 Å². The third-order valence-corrected chi connectivity index (χ3v) is 13.3. The molecule has 0 rings (SSSR count). The molecular weight excluding hydrogens is 798 g/mol. The number of phosphoric acid groups is 1. The second-order valence-electron chi connectivity index (χ2n) is 18.6. The van der Waals surface area contributed by atoms with Crippen molar-refractivity contribution in [2.45, 2.75) is 296 Å². The number of aliphatic hydroxyl groups is 1. The summed E-state index contributed by atoms with van der Waals surface area (Å²) in [6.45, 7) is 3.64. The third-order valence-electron chi connectivity index (χ3n) is 12.3. The zero-order valence-corrected chi connectivity index (χ0v) is 42.0. The fourth-order valence-corrected chi connectivity index (χ4v) is 8.97. The SMILES string of the molecule is CCCCCCCCCCCCCCCCCCCCCCCC(=O)OCC(O)COP(=O)(O)OCCNC(=O)CCCCCCCCCCCCCCCCCCCCCC. The number of aliphatic hydroxyl groups excluding tert-OH is 1. The van der Waals surface area contributed by atoms with Crippen molar-refractivity contribution in [1.29, 1.82) is 0 Å². The average molecular weight is 902 g/mol. The molecule has 10 heteroatoms. The van der Waals surface area contributed by atoms with Crippen LogP contribution in [0, 0.1) is 0 Å². The van der Waals surface area contributed by atoms with E-state index in [1.165, 1.54) is 225 Å². The second kappa shape index (κ2) is 49.4. The minimum Gasteiger partial charge on any atom is -0.463 e. The van der Waals surface area contributed by atoms with Gasteiger partial charge in [-0.05, 0) is 12.8 Å². The number of hydrogen-bond donors (Lipinski definition) is 3. The van der Waals surface area contributed by atoms with E-state index in [9.17, 15) is 24.2 Å². The Bertz CT molecular complexity index is 984.